The van der Waals surface area contributed by atoms with Gasteiger partial charge in [0.2, 0.25) is 5.56 Å². The van der Waals surface area contributed by atoms with Gasteiger partial charge in [-0.2, -0.15) is 5.11 Å². The van der Waals surface area contributed by atoms with E-state index in [1.54, 1.807) is 5.38 Å². The third-order valence-electron chi connectivity index (χ3n) is 2.85. The van der Waals surface area contributed by atoms with E-state index >= 15 is 0 Å². The molecule has 0 atom stereocenters. The summed E-state index contributed by atoms with van der Waals surface area (Å²) in [6.07, 6.45) is 2.95. The highest BCUT2D eigenvalue weighted by Crippen LogP contribution is 2.22. The highest BCUT2D eigenvalue weighted by Gasteiger charge is 2.15. The molecule has 0 unspecified atom stereocenters. The molecule has 0 bridgehead atoms. The van der Waals surface area contributed by atoms with E-state index < -0.39 is 10.0 Å². The molecule has 2 heterocycles. The minimum Gasteiger partial charge on any atom is -0.327 e. The van der Waals surface area contributed by atoms with Gasteiger partial charge in [0.05, 0.1) is 10.6 Å². The number of hydrogen-bond donors (Lipinski definition) is 2. The van der Waals surface area contributed by atoms with Crippen molar-refractivity contribution in [3.05, 3.63) is 64.5 Å². The number of nitrogens with one attached hydrogen (secondary N) is 2. The van der Waals surface area contributed by atoms with Crippen LogP contribution >= 0.6 is 11.3 Å². The first-order valence-corrected chi connectivity index (χ1v) is 9.02. The Morgan fingerprint density at radius 1 is 1.04 bits per heavy atom. The molecule has 0 saturated heterocycles. The molecule has 0 spiro atoms. The third-order valence-corrected chi connectivity index (χ3v) is 5.02. The number of nitrogens with zero attached hydrogens (tertiary/aromatic N) is 3. The number of benzene rings is 1. The Morgan fingerprint density at radius 2 is 1.75 bits per heavy atom. The van der Waals surface area contributed by atoms with Crippen molar-refractivity contribution in [2.75, 3.05) is 4.72 Å². The van der Waals surface area contributed by atoms with E-state index in [0.717, 1.165) is 0 Å². The van der Waals surface area contributed by atoms with Gasteiger partial charge in [0.1, 0.15) is 5.69 Å². The molecule has 0 saturated carbocycles. The maximum atomic E-state index is 12.2. The van der Waals surface area contributed by atoms with Crippen LogP contribution in [0.4, 0.5) is 16.5 Å². The second-order valence-electron chi connectivity index (χ2n) is 4.55. The Bertz CT molecular complexity index is 989. The first kappa shape index (κ1) is 16.0. The topological polar surface area (TPSA) is 117 Å². The first-order valence-electron chi connectivity index (χ1n) is 6.66. The molecule has 3 aromatic rings. The van der Waals surface area contributed by atoms with Crippen LogP contribution < -0.4 is 10.3 Å². The Balaban J connectivity index is 1.75. The molecule has 0 amide bonds. The average molecular weight is 361 g/mol. The van der Waals surface area contributed by atoms with Crippen LogP contribution in [0.5, 0.6) is 0 Å². The molecule has 24 heavy (non-hydrogen) atoms. The number of hydrogen-bond acceptors (Lipinski definition) is 7. The number of sulfonamides is 1. The smallest absolute Gasteiger partial charge is 0.263 e. The molecule has 2 N–H and O–H groups in total. The SMILES string of the molecule is O=c1ccc(N=Nc2ccc(S(=O)(=O)Nc3nccs3)cc2)c[nH]1. The summed E-state index contributed by atoms with van der Waals surface area (Å²) in [5.74, 6) is 0. The highest BCUT2D eigenvalue weighted by atomic mass is 32.2. The zero-order valence-corrected chi connectivity index (χ0v) is 13.7. The monoisotopic (exact) mass is 361 g/mol. The summed E-state index contributed by atoms with van der Waals surface area (Å²) in [5.41, 5.74) is 0.738. The predicted molar refractivity (Wildman–Crippen MR) is 90.6 cm³/mol. The molecule has 122 valence electrons. The lowest BCUT2D eigenvalue weighted by Gasteiger charge is -2.04. The number of aromatic amines is 1. The third kappa shape index (κ3) is 3.91. The Kier molecular flexibility index (Phi) is 4.49. The fourth-order valence-electron chi connectivity index (χ4n) is 1.72. The molecule has 3 rings (SSSR count). The van der Waals surface area contributed by atoms with Crippen LogP contribution in [-0.2, 0) is 10.0 Å². The number of pyridine rings is 1. The van der Waals surface area contributed by atoms with E-state index in [-0.39, 0.29) is 10.5 Å². The number of thiazole rings is 1. The summed E-state index contributed by atoms with van der Waals surface area (Å²) in [6, 6.07) is 8.79. The maximum Gasteiger partial charge on any atom is 0.263 e. The largest absolute Gasteiger partial charge is 0.327 e. The Hall–Kier alpha value is -2.85. The van der Waals surface area contributed by atoms with Crippen LogP contribution in [0.25, 0.3) is 0 Å². The van der Waals surface area contributed by atoms with Gasteiger partial charge in [-0.05, 0) is 30.3 Å². The standard InChI is InChI=1S/C14H11N5O3S2/c20-13-6-3-11(9-16-13)18-17-10-1-4-12(5-2-10)24(21,22)19-14-15-7-8-23-14/h1-9H,(H,15,19)(H,16,20). The Morgan fingerprint density at radius 3 is 2.38 bits per heavy atom. The van der Waals surface area contributed by atoms with Gasteiger partial charge in [0, 0.05) is 23.8 Å². The molecule has 0 aliphatic rings. The molecule has 8 nitrogen and oxygen atoms in total. The van der Waals surface area contributed by atoms with Crippen LogP contribution in [0.15, 0.2) is 74.1 Å². The van der Waals surface area contributed by atoms with Crippen molar-refractivity contribution in [1.29, 1.82) is 0 Å². The summed E-state index contributed by atoms with van der Waals surface area (Å²) in [5, 5.41) is 9.92. The van der Waals surface area contributed by atoms with Gasteiger partial charge >= 0.3 is 0 Å². The first-order chi connectivity index (χ1) is 11.5. The van der Waals surface area contributed by atoms with Crippen molar-refractivity contribution in [2.45, 2.75) is 4.90 Å². The maximum absolute atomic E-state index is 12.2. The zero-order valence-electron chi connectivity index (χ0n) is 12.1. The summed E-state index contributed by atoms with van der Waals surface area (Å²) >= 11 is 1.19. The van der Waals surface area contributed by atoms with Gasteiger partial charge in [0.25, 0.3) is 10.0 Å². The van der Waals surface area contributed by atoms with Gasteiger partial charge in [-0.1, -0.05) is 0 Å². The lowest BCUT2D eigenvalue weighted by atomic mass is 10.3. The van der Waals surface area contributed by atoms with Crippen LogP contribution in [0, 0.1) is 0 Å². The van der Waals surface area contributed by atoms with Crippen LogP contribution in [-0.4, -0.2) is 18.4 Å². The number of anilines is 1. The zero-order chi connectivity index (χ0) is 17.0. The molecule has 0 fully saturated rings. The predicted octanol–water partition coefficient (Wildman–Crippen LogP) is 3.05. The highest BCUT2D eigenvalue weighted by molar-refractivity contribution is 7.93. The number of H-pyrrole nitrogens is 1. The van der Waals surface area contributed by atoms with E-state index in [1.165, 1.54) is 60.1 Å². The quantitative estimate of drug-likeness (QED) is 0.679. The summed E-state index contributed by atoms with van der Waals surface area (Å²) in [7, 11) is -3.69. The van der Waals surface area contributed by atoms with Crippen molar-refractivity contribution >= 4 is 37.9 Å². The summed E-state index contributed by atoms with van der Waals surface area (Å²) in [4.78, 5) is 17.4. The second kappa shape index (κ2) is 6.72. The molecule has 0 radical (unpaired) electrons. The van der Waals surface area contributed by atoms with E-state index in [0.29, 0.717) is 16.5 Å². The Labute approximate surface area is 141 Å². The van der Waals surface area contributed by atoms with E-state index in [1.807, 2.05) is 0 Å². The van der Waals surface area contributed by atoms with Gasteiger partial charge in [0.15, 0.2) is 5.13 Å². The van der Waals surface area contributed by atoms with Gasteiger partial charge in [-0.3, -0.25) is 9.52 Å². The van der Waals surface area contributed by atoms with E-state index in [2.05, 4.69) is 24.9 Å². The van der Waals surface area contributed by atoms with Gasteiger partial charge < -0.3 is 4.98 Å². The van der Waals surface area contributed by atoms with Gasteiger partial charge in [-0.25, -0.2) is 13.4 Å². The van der Waals surface area contributed by atoms with Crippen LogP contribution in [0.3, 0.4) is 0 Å². The minimum atomic E-state index is -3.69. The molecule has 1 aromatic carbocycles. The molecular weight excluding hydrogens is 350 g/mol. The summed E-state index contributed by atoms with van der Waals surface area (Å²) in [6.45, 7) is 0. The minimum absolute atomic E-state index is 0.0979. The lowest BCUT2D eigenvalue weighted by molar-refractivity contribution is 0.601. The fraction of sp³-hybridized carbons (Fsp3) is 0. The van der Waals surface area contributed by atoms with Gasteiger partial charge in [-0.15, -0.1) is 16.5 Å². The van der Waals surface area contributed by atoms with Crippen molar-refractivity contribution in [2.24, 2.45) is 10.2 Å². The van der Waals surface area contributed by atoms with Crippen LogP contribution in [0.2, 0.25) is 0 Å². The second-order valence-corrected chi connectivity index (χ2v) is 7.12. The molecule has 2 aromatic heterocycles. The van der Waals surface area contributed by atoms with Crippen LogP contribution in [0.1, 0.15) is 0 Å². The fourth-order valence-corrected chi connectivity index (χ4v) is 3.51. The average Bonchev–Trinajstić information content (AvgIpc) is 3.07. The number of aromatic nitrogens is 2. The lowest BCUT2D eigenvalue weighted by Crippen LogP contribution is -2.12. The van der Waals surface area contributed by atoms with Crippen molar-refractivity contribution < 1.29 is 8.42 Å². The van der Waals surface area contributed by atoms with Crippen molar-refractivity contribution in [3.63, 3.8) is 0 Å². The van der Waals surface area contributed by atoms with E-state index in [4.69, 9.17) is 0 Å². The number of azo groups is 1. The summed E-state index contributed by atoms with van der Waals surface area (Å²) < 4.78 is 26.8. The van der Waals surface area contributed by atoms with E-state index in [9.17, 15) is 13.2 Å². The molecule has 10 heteroatoms. The molecule has 0 aliphatic carbocycles. The van der Waals surface area contributed by atoms with Crippen molar-refractivity contribution in [3.8, 4) is 0 Å². The molecular formula is C14H11N5O3S2. The molecule has 0 aliphatic heterocycles. The number of rotatable bonds is 5. The van der Waals surface area contributed by atoms with Crippen molar-refractivity contribution in [1.82, 2.24) is 9.97 Å². The normalized spacial score (nSPS) is 11.7.